The van der Waals surface area contributed by atoms with E-state index < -0.39 is 28.0 Å². The van der Waals surface area contributed by atoms with Crippen molar-refractivity contribution in [2.24, 2.45) is 5.92 Å². The summed E-state index contributed by atoms with van der Waals surface area (Å²) in [6, 6.07) is -0.655. The Morgan fingerprint density at radius 3 is 2.40 bits per heavy atom. The molecule has 2 aliphatic heterocycles. The second-order valence-electron chi connectivity index (χ2n) is 5.49. The monoisotopic (exact) mass is 304 g/mol. The minimum Gasteiger partial charge on any atom is -0.481 e. The number of hydrogen-bond donors (Lipinski definition) is 1. The van der Waals surface area contributed by atoms with E-state index in [0.29, 0.717) is 38.8 Å². The maximum atomic E-state index is 12.5. The summed E-state index contributed by atoms with van der Waals surface area (Å²) in [5.74, 6) is -1.69. The quantitative estimate of drug-likeness (QED) is 0.774. The van der Waals surface area contributed by atoms with Crippen LogP contribution in [0.5, 0.6) is 0 Å². The number of amides is 1. The first-order chi connectivity index (χ1) is 9.30. The van der Waals surface area contributed by atoms with E-state index in [1.807, 2.05) is 0 Å². The Labute approximate surface area is 118 Å². The molecule has 2 atom stereocenters. The van der Waals surface area contributed by atoms with Crippen molar-refractivity contribution in [1.29, 1.82) is 0 Å². The van der Waals surface area contributed by atoms with Crippen LogP contribution in [-0.2, 0) is 19.6 Å². The number of piperidine rings is 1. The van der Waals surface area contributed by atoms with Crippen LogP contribution >= 0.6 is 0 Å². The van der Waals surface area contributed by atoms with Crippen LogP contribution in [-0.4, -0.2) is 66.5 Å². The number of carboxylic acid groups (broad SMARTS) is 1. The van der Waals surface area contributed by atoms with E-state index in [1.165, 1.54) is 9.21 Å². The van der Waals surface area contributed by atoms with E-state index in [-0.39, 0.29) is 12.5 Å². The molecule has 2 rings (SSSR count). The Morgan fingerprint density at radius 1 is 1.15 bits per heavy atom. The molecule has 2 saturated heterocycles. The van der Waals surface area contributed by atoms with E-state index in [4.69, 9.17) is 5.11 Å². The second-order valence-corrected chi connectivity index (χ2v) is 7.43. The van der Waals surface area contributed by atoms with Crippen molar-refractivity contribution in [2.45, 2.75) is 31.7 Å². The van der Waals surface area contributed by atoms with Crippen molar-refractivity contribution in [3.05, 3.63) is 0 Å². The van der Waals surface area contributed by atoms with Crippen molar-refractivity contribution in [3.63, 3.8) is 0 Å². The number of sulfonamides is 1. The molecule has 0 aromatic carbocycles. The van der Waals surface area contributed by atoms with E-state index in [1.54, 1.807) is 0 Å². The number of aliphatic carboxylic acids is 1. The normalized spacial score (nSPS) is 28.6. The zero-order chi connectivity index (χ0) is 14.9. The van der Waals surface area contributed by atoms with Gasteiger partial charge in [0.2, 0.25) is 15.9 Å². The summed E-state index contributed by atoms with van der Waals surface area (Å²) in [4.78, 5) is 25.0. The molecule has 8 heteroatoms. The standard InChI is InChI=1S/C12H20N2O5S/c1-20(18,19)14-7-3-5-10(14)11(15)13-6-2-4-9(8-13)12(16)17/h9-10H,2-8H2,1H3,(H,16,17). The van der Waals surface area contributed by atoms with Crippen LogP contribution in [0.1, 0.15) is 25.7 Å². The van der Waals surface area contributed by atoms with Gasteiger partial charge in [0, 0.05) is 19.6 Å². The lowest BCUT2D eigenvalue weighted by molar-refractivity contribution is -0.146. The van der Waals surface area contributed by atoms with Gasteiger partial charge >= 0.3 is 5.97 Å². The Morgan fingerprint density at radius 2 is 1.80 bits per heavy atom. The highest BCUT2D eigenvalue weighted by atomic mass is 32.2. The molecule has 1 N–H and O–H groups in total. The molecule has 0 spiro atoms. The highest BCUT2D eigenvalue weighted by Crippen LogP contribution is 2.25. The minimum atomic E-state index is -3.40. The molecule has 114 valence electrons. The third-order valence-electron chi connectivity index (χ3n) is 4.00. The Bertz CT molecular complexity index is 504. The molecule has 0 saturated carbocycles. The van der Waals surface area contributed by atoms with Crippen molar-refractivity contribution in [1.82, 2.24) is 9.21 Å². The average molecular weight is 304 g/mol. The van der Waals surface area contributed by atoms with E-state index in [0.717, 1.165) is 6.26 Å². The molecule has 20 heavy (non-hydrogen) atoms. The summed E-state index contributed by atoms with van der Waals surface area (Å²) in [5.41, 5.74) is 0. The van der Waals surface area contributed by atoms with Crippen LogP contribution in [0.25, 0.3) is 0 Å². The van der Waals surface area contributed by atoms with Crippen LogP contribution in [0.2, 0.25) is 0 Å². The summed E-state index contributed by atoms with van der Waals surface area (Å²) in [7, 11) is -3.40. The second kappa shape index (κ2) is 5.69. The van der Waals surface area contributed by atoms with Gasteiger partial charge in [-0.1, -0.05) is 0 Å². The zero-order valence-corrected chi connectivity index (χ0v) is 12.3. The van der Waals surface area contributed by atoms with E-state index >= 15 is 0 Å². The minimum absolute atomic E-state index is 0.183. The van der Waals surface area contributed by atoms with Crippen molar-refractivity contribution < 1.29 is 23.1 Å². The number of hydrogen-bond acceptors (Lipinski definition) is 4. The number of carboxylic acids is 1. The van der Waals surface area contributed by atoms with Gasteiger partial charge in [-0.15, -0.1) is 0 Å². The molecule has 0 aliphatic carbocycles. The van der Waals surface area contributed by atoms with Gasteiger partial charge in [-0.25, -0.2) is 8.42 Å². The van der Waals surface area contributed by atoms with Crippen LogP contribution in [0.4, 0.5) is 0 Å². The summed E-state index contributed by atoms with van der Waals surface area (Å²) in [6.45, 7) is 1.06. The van der Waals surface area contributed by atoms with E-state index in [2.05, 4.69) is 0 Å². The molecular formula is C12H20N2O5S. The highest BCUT2D eigenvalue weighted by Gasteiger charge is 2.40. The lowest BCUT2D eigenvalue weighted by Crippen LogP contribution is -2.51. The average Bonchev–Trinajstić information content (AvgIpc) is 2.87. The molecule has 2 fully saturated rings. The lowest BCUT2D eigenvalue weighted by Gasteiger charge is -2.34. The fourth-order valence-electron chi connectivity index (χ4n) is 2.97. The van der Waals surface area contributed by atoms with Crippen LogP contribution in [0, 0.1) is 5.92 Å². The van der Waals surface area contributed by atoms with Crippen LogP contribution in [0.3, 0.4) is 0 Å². The van der Waals surface area contributed by atoms with Gasteiger partial charge in [0.05, 0.1) is 12.2 Å². The Hall–Kier alpha value is -1.15. The van der Waals surface area contributed by atoms with Gasteiger partial charge in [-0.3, -0.25) is 9.59 Å². The SMILES string of the molecule is CS(=O)(=O)N1CCCC1C(=O)N1CCCC(C(=O)O)C1. The first-order valence-electron chi connectivity index (χ1n) is 6.79. The molecule has 2 unspecified atom stereocenters. The number of rotatable bonds is 3. The fraction of sp³-hybridized carbons (Fsp3) is 0.833. The van der Waals surface area contributed by atoms with Gasteiger partial charge in [0.15, 0.2) is 0 Å². The van der Waals surface area contributed by atoms with Crippen molar-refractivity contribution in [3.8, 4) is 0 Å². The first-order valence-corrected chi connectivity index (χ1v) is 8.64. The molecule has 2 aliphatic rings. The van der Waals surface area contributed by atoms with Gasteiger partial charge in [0.25, 0.3) is 0 Å². The molecule has 1 amide bonds. The maximum Gasteiger partial charge on any atom is 0.308 e. The zero-order valence-electron chi connectivity index (χ0n) is 11.5. The highest BCUT2D eigenvalue weighted by molar-refractivity contribution is 7.88. The third kappa shape index (κ3) is 3.12. The molecular weight excluding hydrogens is 284 g/mol. The number of carbonyl (C=O) groups excluding carboxylic acids is 1. The molecule has 0 bridgehead atoms. The van der Waals surface area contributed by atoms with Crippen LogP contribution < -0.4 is 0 Å². The smallest absolute Gasteiger partial charge is 0.308 e. The Kier molecular flexibility index (Phi) is 4.33. The first kappa shape index (κ1) is 15.2. The summed E-state index contributed by atoms with van der Waals surface area (Å²) in [6.07, 6.45) is 3.50. The number of carbonyl (C=O) groups is 2. The van der Waals surface area contributed by atoms with Gasteiger partial charge < -0.3 is 10.0 Å². The van der Waals surface area contributed by atoms with Gasteiger partial charge in [0.1, 0.15) is 6.04 Å². The van der Waals surface area contributed by atoms with Gasteiger partial charge in [-0.05, 0) is 25.7 Å². The molecule has 0 aromatic rings. The fourth-order valence-corrected chi connectivity index (χ4v) is 4.09. The molecule has 7 nitrogen and oxygen atoms in total. The predicted octanol–water partition coefficient (Wildman–Crippen LogP) is -0.266. The summed E-state index contributed by atoms with van der Waals surface area (Å²) >= 11 is 0. The maximum absolute atomic E-state index is 12.5. The topological polar surface area (TPSA) is 95.0 Å². The lowest BCUT2D eigenvalue weighted by atomic mass is 9.97. The Balaban J connectivity index is 2.09. The molecule has 2 heterocycles. The van der Waals surface area contributed by atoms with Crippen molar-refractivity contribution >= 4 is 21.9 Å². The molecule has 0 radical (unpaired) electrons. The predicted molar refractivity (Wildman–Crippen MR) is 71.5 cm³/mol. The number of likely N-dealkylation sites (tertiary alicyclic amines) is 1. The van der Waals surface area contributed by atoms with E-state index in [9.17, 15) is 18.0 Å². The summed E-state index contributed by atoms with van der Waals surface area (Å²) in [5, 5.41) is 9.04. The summed E-state index contributed by atoms with van der Waals surface area (Å²) < 4.78 is 24.6. The van der Waals surface area contributed by atoms with Gasteiger partial charge in [-0.2, -0.15) is 4.31 Å². The largest absolute Gasteiger partial charge is 0.481 e. The van der Waals surface area contributed by atoms with Crippen LogP contribution in [0.15, 0.2) is 0 Å². The third-order valence-corrected chi connectivity index (χ3v) is 5.29. The number of nitrogens with zero attached hydrogens (tertiary/aromatic N) is 2. The van der Waals surface area contributed by atoms with Crippen molar-refractivity contribution in [2.75, 3.05) is 25.9 Å². The molecule has 0 aromatic heterocycles.